The minimum Gasteiger partial charge on any atom is -0.332 e. The number of aryl methyl sites for hydroxylation is 2. The molecule has 0 atom stereocenters. The van der Waals surface area contributed by atoms with Crippen LogP contribution in [0, 0.1) is 13.8 Å². The van der Waals surface area contributed by atoms with Crippen LogP contribution in [0.2, 0.25) is 0 Å². The number of hydrogen-bond donors (Lipinski definition) is 2. The Bertz CT molecular complexity index is 1220. The number of anilines is 1. The van der Waals surface area contributed by atoms with Crippen LogP contribution in [-0.4, -0.2) is 26.0 Å². The molecule has 0 aliphatic rings. The van der Waals surface area contributed by atoms with Gasteiger partial charge in [0.05, 0.1) is 5.69 Å². The van der Waals surface area contributed by atoms with E-state index in [0.29, 0.717) is 5.56 Å². The van der Waals surface area contributed by atoms with Crippen molar-refractivity contribution in [1.82, 2.24) is 20.3 Å². The van der Waals surface area contributed by atoms with Gasteiger partial charge in [0.25, 0.3) is 5.91 Å². The van der Waals surface area contributed by atoms with Gasteiger partial charge in [0.2, 0.25) is 0 Å². The van der Waals surface area contributed by atoms with Crippen LogP contribution >= 0.6 is 12.2 Å². The maximum Gasteiger partial charge on any atom is 0.257 e. The van der Waals surface area contributed by atoms with Gasteiger partial charge in [-0.1, -0.05) is 24.3 Å². The molecule has 1 aromatic heterocycles. The second-order valence-electron chi connectivity index (χ2n) is 6.74. The van der Waals surface area contributed by atoms with Crippen LogP contribution < -0.4 is 10.6 Å². The fourth-order valence-corrected chi connectivity index (χ4v) is 3.10. The molecule has 0 aliphatic carbocycles. The van der Waals surface area contributed by atoms with Gasteiger partial charge in [-0.05, 0) is 79.7 Å². The summed E-state index contributed by atoms with van der Waals surface area (Å²) in [6.45, 7) is 3.98. The number of para-hydroxylation sites is 1. The zero-order valence-electron chi connectivity index (χ0n) is 16.0. The van der Waals surface area contributed by atoms with E-state index < -0.39 is 0 Å². The van der Waals surface area contributed by atoms with E-state index in [0.717, 1.165) is 33.5 Å². The van der Waals surface area contributed by atoms with E-state index in [1.807, 2.05) is 74.5 Å². The molecule has 0 unspecified atom stereocenters. The van der Waals surface area contributed by atoms with E-state index >= 15 is 0 Å². The van der Waals surface area contributed by atoms with E-state index in [1.165, 1.54) is 0 Å². The van der Waals surface area contributed by atoms with E-state index in [2.05, 4.69) is 20.8 Å². The molecule has 0 spiro atoms. The summed E-state index contributed by atoms with van der Waals surface area (Å²) in [7, 11) is 0. The lowest BCUT2D eigenvalue weighted by atomic mass is 10.1. The standard InChI is InChI=1S/C22H19N5OS/c1-14-8-9-16(12-15(14)2)21(28)24-22(29)23-17-10-11-19-20(13-17)26-27(25-19)18-6-4-3-5-7-18/h3-13H,1-2H3,(H2,23,24,28,29). The summed E-state index contributed by atoms with van der Waals surface area (Å²) in [6, 6.07) is 20.8. The Kier molecular flexibility index (Phi) is 5.05. The van der Waals surface area contributed by atoms with Crippen molar-refractivity contribution in [1.29, 1.82) is 0 Å². The molecule has 3 aromatic carbocycles. The Labute approximate surface area is 173 Å². The second-order valence-corrected chi connectivity index (χ2v) is 7.14. The van der Waals surface area contributed by atoms with Crippen molar-refractivity contribution in [2.24, 2.45) is 0 Å². The van der Waals surface area contributed by atoms with Crippen LogP contribution in [0.4, 0.5) is 5.69 Å². The molecule has 6 nitrogen and oxygen atoms in total. The number of thiocarbonyl (C=S) groups is 1. The summed E-state index contributed by atoms with van der Waals surface area (Å²) < 4.78 is 0. The largest absolute Gasteiger partial charge is 0.332 e. The van der Waals surface area contributed by atoms with Gasteiger partial charge in [0, 0.05) is 11.3 Å². The van der Waals surface area contributed by atoms with Gasteiger partial charge >= 0.3 is 0 Å². The van der Waals surface area contributed by atoms with Crippen LogP contribution in [0.3, 0.4) is 0 Å². The Morgan fingerprint density at radius 1 is 0.897 bits per heavy atom. The van der Waals surface area contributed by atoms with Crippen LogP contribution in [0.1, 0.15) is 21.5 Å². The lowest BCUT2D eigenvalue weighted by molar-refractivity contribution is 0.0977. The van der Waals surface area contributed by atoms with Crippen LogP contribution in [0.25, 0.3) is 16.7 Å². The summed E-state index contributed by atoms with van der Waals surface area (Å²) in [5.41, 5.74) is 5.87. The van der Waals surface area contributed by atoms with Crippen molar-refractivity contribution in [3.8, 4) is 5.69 Å². The van der Waals surface area contributed by atoms with E-state index in [1.54, 1.807) is 10.9 Å². The normalized spacial score (nSPS) is 10.7. The average molecular weight is 401 g/mol. The van der Waals surface area contributed by atoms with Gasteiger partial charge < -0.3 is 5.32 Å². The van der Waals surface area contributed by atoms with Crippen molar-refractivity contribution in [2.75, 3.05) is 5.32 Å². The summed E-state index contributed by atoms with van der Waals surface area (Å²) in [6.07, 6.45) is 0. The molecule has 4 rings (SSSR count). The number of benzene rings is 3. The lowest BCUT2D eigenvalue weighted by Gasteiger charge is -2.10. The van der Waals surface area contributed by atoms with Crippen molar-refractivity contribution in [2.45, 2.75) is 13.8 Å². The number of hydrogen-bond acceptors (Lipinski definition) is 4. The van der Waals surface area contributed by atoms with Gasteiger partial charge in [0.15, 0.2) is 5.11 Å². The Morgan fingerprint density at radius 3 is 2.41 bits per heavy atom. The van der Waals surface area contributed by atoms with Crippen molar-refractivity contribution in [3.05, 3.63) is 83.4 Å². The molecule has 0 bridgehead atoms. The SMILES string of the molecule is Cc1ccc(C(=O)NC(=S)Nc2ccc3nn(-c4ccccc4)nc3c2)cc1C. The quantitative estimate of drug-likeness (QED) is 0.504. The summed E-state index contributed by atoms with van der Waals surface area (Å²) >= 11 is 5.29. The first-order chi connectivity index (χ1) is 14.0. The Balaban J connectivity index is 1.47. The molecule has 7 heteroatoms. The molecular formula is C22H19N5OS. The highest BCUT2D eigenvalue weighted by atomic mass is 32.1. The van der Waals surface area contributed by atoms with Gasteiger partial charge in [-0.15, -0.1) is 10.2 Å². The predicted molar refractivity (Wildman–Crippen MR) is 118 cm³/mol. The topological polar surface area (TPSA) is 71.8 Å². The molecular weight excluding hydrogens is 382 g/mol. The second kappa shape index (κ2) is 7.81. The fourth-order valence-electron chi connectivity index (χ4n) is 2.89. The third kappa shape index (κ3) is 4.14. The number of fused-ring (bicyclic) bond motifs is 1. The first-order valence-corrected chi connectivity index (χ1v) is 9.52. The molecule has 1 heterocycles. The van der Waals surface area contributed by atoms with Gasteiger partial charge in [-0.25, -0.2) is 0 Å². The Morgan fingerprint density at radius 2 is 1.66 bits per heavy atom. The summed E-state index contributed by atoms with van der Waals surface area (Å²) in [5, 5.41) is 15.0. The minimum absolute atomic E-state index is 0.225. The first-order valence-electron chi connectivity index (χ1n) is 9.12. The highest BCUT2D eigenvalue weighted by Gasteiger charge is 2.10. The van der Waals surface area contributed by atoms with E-state index in [9.17, 15) is 4.79 Å². The van der Waals surface area contributed by atoms with Crippen LogP contribution in [0.15, 0.2) is 66.7 Å². The minimum atomic E-state index is -0.248. The number of nitrogens with zero attached hydrogens (tertiary/aromatic N) is 3. The molecule has 0 aliphatic heterocycles. The molecule has 29 heavy (non-hydrogen) atoms. The average Bonchev–Trinajstić information content (AvgIpc) is 3.14. The third-order valence-electron chi connectivity index (χ3n) is 4.62. The number of amides is 1. The maximum absolute atomic E-state index is 12.4. The smallest absolute Gasteiger partial charge is 0.257 e. The monoisotopic (exact) mass is 401 g/mol. The number of carbonyl (C=O) groups is 1. The number of nitrogens with one attached hydrogen (secondary N) is 2. The summed E-state index contributed by atoms with van der Waals surface area (Å²) in [4.78, 5) is 14.0. The van der Waals surface area contributed by atoms with Crippen LogP contribution in [-0.2, 0) is 0 Å². The molecule has 0 fully saturated rings. The van der Waals surface area contributed by atoms with Crippen molar-refractivity contribution < 1.29 is 4.79 Å². The number of carbonyl (C=O) groups excluding carboxylic acids is 1. The summed E-state index contributed by atoms with van der Waals surface area (Å²) in [5.74, 6) is -0.248. The fraction of sp³-hybridized carbons (Fsp3) is 0.0909. The molecule has 0 radical (unpaired) electrons. The molecule has 1 amide bonds. The van der Waals surface area contributed by atoms with E-state index in [-0.39, 0.29) is 11.0 Å². The zero-order chi connectivity index (χ0) is 20.4. The predicted octanol–water partition coefficient (Wildman–Crippen LogP) is 4.16. The zero-order valence-corrected chi connectivity index (χ0v) is 16.8. The van der Waals surface area contributed by atoms with Crippen molar-refractivity contribution >= 4 is 40.0 Å². The highest BCUT2D eigenvalue weighted by Crippen LogP contribution is 2.17. The Hall–Kier alpha value is -3.58. The van der Waals surface area contributed by atoms with Gasteiger partial charge in [-0.2, -0.15) is 4.80 Å². The lowest BCUT2D eigenvalue weighted by Crippen LogP contribution is -2.34. The van der Waals surface area contributed by atoms with Gasteiger partial charge in [0.1, 0.15) is 11.0 Å². The van der Waals surface area contributed by atoms with Crippen LogP contribution in [0.5, 0.6) is 0 Å². The highest BCUT2D eigenvalue weighted by molar-refractivity contribution is 7.80. The van der Waals surface area contributed by atoms with E-state index in [4.69, 9.17) is 12.2 Å². The van der Waals surface area contributed by atoms with Crippen molar-refractivity contribution in [3.63, 3.8) is 0 Å². The molecule has 4 aromatic rings. The van der Waals surface area contributed by atoms with Gasteiger partial charge in [-0.3, -0.25) is 10.1 Å². The molecule has 0 saturated carbocycles. The maximum atomic E-state index is 12.4. The number of rotatable bonds is 3. The third-order valence-corrected chi connectivity index (χ3v) is 4.83. The molecule has 144 valence electrons. The first kappa shape index (κ1) is 18.8. The molecule has 0 saturated heterocycles. The molecule has 2 N–H and O–H groups in total. The number of aromatic nitrogens is 3.